The predicted octanol–water partition coefficient (Wildman–Crippen LogP) is 4.66. The predicted molar refractivity (Wildman–Crippen MR) is 105 cm³/mol. The van der Waals surface area contributed by atoms with Crippen molar-refractivity contribution in [3.63, 3.8) is 0 Å². The van der Waals surface area contributed by atoms with Gasteiger partial charge in [0.1, 0.15) is 0 Å². The molecule has 0 spiro atoms. The average Bonchev–Trinajstić information content (AvgIpc) is 2.90. The van der Waals surface area contributed by atoms with Crippen molar-refractivity contribution in [1.82, 2.24) is 4.90 Å². The van der Waals surface area contributed by atoms with Crippen molar-refractivity contribution in [3.8, 4) is 0 Å². The fourth-order valence-electron chi connectivity index (χ4n) is 4.54. The number of fused-ring (bicyclic) bond motifs is 2. The van der Waals surface area contributed by atoms with E-state index in [-0.39, 0.29) is 11.3 Å². The Labute approximate surface area is 158 Å². The second-order valence-electron chi connectivity index (χ2n) is 7.80. The van der Waals surface area contributed by atoms with E-state index in [1.807, 2.05) is 17.0 Å². The maximum absolute atomic E-state index is 12.8. The van der Waals surface area contributed by atoms with Crippen LogP contribution in [0.25, 0.3) is 10.8 Å². The van der Waals surface area contributed by atoms with Crippen molar-refractivity contribution in [1.29, 1.82) is 0 Å². The van der Waals surface area contributed by atoms with Gasteiger partial charge in [0.15, 0.2) is 0 Å². The zero-order valence-corrected chi connectivity index (χ0v) is 15.4. The van der Waals surface area contributed by atoms with Crippen molar-refractivity contribution < 1.29 is 14.7 Å². The molecule has 1 aliphatic heterocycles. The summed E-state index contributed by atoms with van der Waals surface area (Å²) in [5.74, 6) is -0.829. The molecular weight excluding hydrogens is 338 g/mol. The topological polar surface area (TPSA) is 57.6 Å². The normalized spacial score (nSPS) is 22.7. The third-order valence-corrected chi connectivity index (χ3v) is 5.74. The van der Waals surface area contributed by atoms with E-state index in [0.717, 1.165) is 41.5 Å². The molecule has 138 valence electrons. The van der Waals surface area contributed by atoms with Gasteiger partial charge in [0, 0.05) is 23.6 Å². The van der Waals surface area contributed by atoms with E-state index in [9.17, 15) is 9.59 Å². The lowest BCUT2D eigenvalue weighted by Gasteiger charge is -2.34. The first kappa shape index (κ1) is 17.5. The molecule has 1 aliphatic carbocycles. The van der Waals surface area contributed by atoms with E-state index in [4.69, 9.17) is 5.11 Å². The number of benzene rings is 2. The van der Waals surface area contributed by atoms with E-state index < -0.39 is 5.97 Å². The summed E-state index contributed by atoms with van der Waals surface area (Å²) in [6.45, 7) is 2.66. The molecule has 1 amide bonds. The van der Waals surface area contributed by atoms with E-state index in [2.05, 4.69) is 37.3 Å². The van der Waals surface area contributed by atoms with Gasteiger partial charge in [-0.2, -0.15) is 0 Å². The van der Waals surface area contributed by atoms with Crippen LogP contribution in [0.5, 0.6) is 0 Å². The number of nitrogens with zero attached hydrogens (tertiary/aromatic N) is 1. The van der Waals surface area contributed by atoms with E-state index >= 15 is 0 Å². The van der Waals surface area contributed by atoms with E-state index in [1.165, 1.54) is 11.5 Å². The van der Waals surface area contributed by atoms with Crippen LogP contribution in [0.15, 0.2) is 65.9 Å². The Morgan fingerprint density at radius 1 is 1.22 bits per heavy atom. The minimum absolute atomic E-state index is 0.129. The monoisotopic (exact) mass is 361 g/mol. The Balaban J connectivity index is 1.73. The van der Waals surface area contributed by atoms with Crippen LogP contribution in [0.3, 0.4) is 0 Å². The molecule has 1 unspecified atom stereocenters. The summed E-state index contributed by atoms with van der Waals surface area (Å²) < 4.78 is 0. The lowest BCUT2D eigenvalue weighted by atomic mass is 9.74. The highest BCUT2D eigenvalue weighted by Gasteiger charge is 2.46. The summed E-state index contributed by atoms with van der Waals surface area (Å²) in [6, 6.07) is 14.5. The van der Waals surface area contributed by atoms with Gasteiger partial charge in [0.05, 0.1) is 6.54 Å². The molecule has 27 heavy (non-hydrogen) atoms. The fraction of sp³-hybridized carbons (Fsp3) is 0.304. The van der Waals surface area contributed by atoms with E-state index in [1.54, 1.807) is 6.08 Å². The summed E-state index contributed by atoms with van der Waals surface area (Å²) in [5.41, 5.74) is 2.90. The highest BCUT2D eigenvalue weighted by molar-refractivity contribution is 5.86. The second-order valence-corrected chi connectivity index (χ2v) is 7.80. The molecule has 4 rings (SSSR count). The van der Waals surface area contributed by atoms with Gasteiger partial charge < -0.3 is 10.0 Å². The lowest BCUT2D eigenvalue weighted by molar-refractivity contribution is -0.131. The highest BCUT2D eigenvalue weighted by Crippen LogP contribution is 2.50. The van der Waals surface area contributed by atoms with Crippen LogP contribution in [0.4, 0.5) is 0 Å². The minimum atomic E-state index is -0.958. The number of carbonyl (C=O) groups is 2. The molecule has 4 heteroatoms. The number of carboxylic acids is 1. The van der Waals surface area contributed by atoms with Crippen LogP contribution in [0, 0.1) is 5.41 Å². The lowest BCUT2D eigenvalue weighted by Crippen LogP contribution is -2.28. The molecular formula is C23H23NO3. The summed E-state index contributed by atoms with van der Waals surface area (Å²) in [7, 11) is 0. The standard InChI is InChI=1S/C23H23NO3/c1-23-12-4-7-18(10-11-21(26)27)22(23)24(20(25)14-23)15-16-8-9-17-5-2-3-6-19(17)13-16/h2-3,5-6,8-11,13H,4,7,12,14-15H2,1H3,(H,26,27)/b11-10+. The molecule has 2 aromatic carbocycles. The molecule has 1 N–H and O–H groups in total. The third-order valence-electron chi connectivity index (χ3n) is 5.74. The van der Waals surface area contributed by atoms with Crippen molar-refractivity contribution in [2.75, 3.05) is 0 Å². The maximum atomic E-state index is 12.8. The minimum Gasteiger partial charge on any atom is -0.478 e. The van der Waals surface area contributed by atoms with Crippen molar-refractivity contribution in [2.45, 2.75) is 39.2 Å². The summed E-state index contributed by atoms with van der Waals surface area (Å²) >= 11 is 0. The third kappa shape index (κ3) is 3.27. The van der Waals surface area contributed by atoms with Gasteiger partial charge in [-0.05, 0) is 47.2 Å². The summed E-state index contributed by atoms with van der Waals surface area (Å²) in [6.07, 6.45) is 6.13. The van der Waals surface area contributed by atoms with Crippen molar-refractivity contribution in [3.05, 3.63) is 71.5 Å². The van der Waals surface area contributed by atoms with Crippen LogP contribution >= 0.6 is 0 Å². The summed E-state index contributed by atoms with van der Waals surface area (Å²) in [4.78, 5) is 25.7. The number of hydrogen-bond acceptors (Lipinski definition) is 2. The van der Waals surface area contributed by atoms with Crippen molar-refractivity contribution in [2.24, 2.45) is 5.41 Å². The molecule has 1 heterocycles. The first-order valence-corrected chi connectivity index (χ1v) is 9.39. The average molecular weight is 361 g/mol. The Kier molecular flexibility index (Phi) is 4.34. The smallest absolute Gasteiger partial charge is 0.328 e. The Bertz CT molecular complexity index is 988. The highest BCUT2D eigenvalue weighted by atomic mass is 16.4. The molecule has 1 fully saturated rings. The van der Waals surface area contributed by atoms with Crippen LogP contribution in [0.2, 0.25) is 0 Å². The van der Waals surface area contributed by atoms with Gasteiger partial charge in [0.2, 0.25) is 5.91 Å². The van der Waals surface area contributed by atoms with Gasteiger partial charge in [-0.15, -0.1) is 0 Å². The number of likely N-dealkylation sites (tertiary alicyclic amines) is 1. The SMILES string of the molecule is CC12CCCC(/C=C/C(=O)O)=C1N(Cc1ccc3ccccc3c1)C(=O)C2. The second kappa shape index (κ2) is 6.69. The van der Waals surface area contributed by atoms with Crippen LogP contribution in [-0.4, -0.2) is 21.9 Å². The first-order valence-electron chi connectivity index (χ1n) is 9.39. The fourth-order valence-corrected chi connectivity index (χ4v) is 4.54. The molecule has 0 aromatic heterocycles. The quantitative estimate of drug-likeness (QED) is 0.806. The van der Waals surface area contributed by atoms with Crippen LogP contribution in [0.1, 0.15) is 38.2 Å². The molecule has 4 nitrogen and oxygen atoms in total. The molecule has 0 radical (unpaired) electrons. The van der Waals surface area contributed by atoms with Crippen LogP contribution in [-0.2, 0) is 16.1 Å². The number of hydrogen-bond donors (Lipinski definition) is 1. The number of rotatable bonds is 4. The number of carboxylic acid groups (broad SMARTS) is 1. The molecule has 1 saturated heterocycles. The van der Waals surface area contributed by atoms with Gasteiger partial charge in [-0.1, -0.05) is 49.4 Å². The molecule has 2 aliphatic rings. The van der Waals surface area contributed by atoms with Crippen molar-refractivity contribution >= 4 is 22.6 Å². The Morgan fingerprint density at radius 2 is 2.00 bits per heavy atom. The number of carbonyl (C=O) groups excluding carboxylic acids is 1. The largest absolute Gasteiger partial charge is 0.478 e. The Morgan fingerprint density at radius 3 is 2.78 bits per heavy atom. The molecule has 2 aromatic rings. The molecule has 1 atom stereocenters. The summed E-state index contributed by atoms with van der Waals surface area (Å²) in [5, 5.41) is 11.4. The first-order chi connectivity index (χ1) is 13.0. The van der Waals surface area contributed by atoms with Gasteiger partial charge in [-0.25, -0.2) is 4.79 Å². The maximum Gasteiger partial charge on any atom is 0.328 e. The van der Waals surface area contributed by atoms with E-state index in [0.29, 0.717) is 13.0 Å². The zero-order valence-electron chi connectivity index (χ0n) is 15.4. The molecule has 0 saturated carbocycles. The number of aliphatic carboxylic acids is 1. The van der Waals surface area contributed by atoms with Crippen LogP contribution < -0.4 is 0 Å². The number of allylic oxidation sites excluding steroid dienone is 3. The molecule has 0 bridgehead atoms. The Hall–Kier alpha value is -2.88. The van der Waals surface area contributed by atoms with Gasteiger partial charge in [-0.3, -0.25) is 4.79 Å². The van der Waals surface area contributed by atoms with Gasteiger partial charge in [0.25, 0.3) is 0 Å². The zero-order chi connectivity index (χ0) is 19.0. The number of amides is 1. The van der Waals surface area contributed by atoms with Gasteiger partial charge >= 0.3 is 5.97 Å².